The fraction of sp³-hybridized carbons (Fsp3) is 0.133. The first-order valence-electron chi connectivity index (χ1n) is 6.31. The molecule has 1 amide bonds. The van der Waals surface area contributed by atoms with Crippen molar-refractivity contribution >= 4 is 17.6 Å². The normalized spacial score (nSPS) is 10.0. The van der Waals surface area contributed by atoms with Crippen LogP contribution in [0, 0.1) is 18.3 Å². The van der Waals surface area contributed by atoms with E-state index in [0.717, 1.165) is 0 Å². The van der Waals surface area contributed by atoms with Gasteiger partial charge < -0.3 is 20.8 Å². The smallest absolute Gasteiger partial charge is 0.357 e. The summed E-state index contributed by atoms with van der Waals surface area (Å²) in [5.74, 6) is -1.26. The Balaban J connectivity index is 2.79. The first kappa shape index (κ1) is 15.1. The molecule has 22 heavy (non-hydrogen) atoms. The van der Waals surface area contributed by atoms with Gasteiger partial charge in [-0.25, -0.2) is 4.79 Å². The summed E-state index contributed by atoms with van der Waals surface area (Å²) in [7, 11) is 1.22. The van der Waals surface area contributed by atoms with Crippen molar-refractivity contribution < 1.29 is 14.3 Å². The highest BCUT2D eigenvalue weighted by Gasteiger charge is 2.23. The lowest BCUT2D eigenvalue weighted by molar-refractivity contribution is 0.0593. The predicted octanol–water partition coefficient (Wildman–Crippen LogP) is 1.13. The average molecular weight is 298 g/mol. The van der Waals surface area contributed by atoms with Crippen molar-refractivity contribution in [2.45, 2.75) is 6.92 Å². The number of aromatic nitrogens is 1. The molecule has 0 bridgehead atoms. The molecule has 2 aromatic rings. The molecule has 0 radical (unpaired) electrons. The van der Waals surface area contributed by atoms with Gasteiger partial charge in [0.25, 0.3) is 0 Å². The minimum absolute atomic E-state index is 0.0261. The predicted molar refractivity (Wildman–Crippen MR) is 79.5 cm³/mol. The van der Waals surface area contributed by atoms with Crippen LogP contribution in [0.5, 0.6) is 0 Å². The number of primary amides is 1. The quantitative estimate of drug-likeness (QED) is 0.822. The Morgan fingerprint density at radius 2 is 2.05 bits per heavy atom. The van der Waals surface area contributed by atoms with Crippen LogP contribution in [0.25, 0.3) is 5.69 Å². The van der Waals surface area contributed by atoms with Crippen molar-refractivity contribution in [2.75, 3.05) is 12.8 Å². The molecule has 0 saturated carbocycles. The molecule has 0 saturated heterocycles. The number of nitrogen functional groups attached to an aromatic ring is 1. The monoisotopic (exact) mass is 298 g/mol. The van der Waals surface area contributed by atoms with Crippen molar-refractivity contribution in [3.05, 3.63) is 46.8 Å². The molecule has 1 aromatic carbocycles. The zero-order chi connectivity index (χ0) is 16.4. The van der Waals surface area contributed by atoms with Crippen LogP contribution in [0.1, 0.15) is 32.0 Å². The lowest BCUT2D eigenvalue weighted by Gasteiger charge is -2.13. The van der Waals surface area contributed by atoms with Crippen LogP contribution in [0.15, 0.2) is 24.4 Å². The second-order valence-corrected chi connectivity index (χ2v) is 4.59. The highest BCUT2D eigenvalue weighted by Crippen LogP contribution is 2.27. The Morgan fingerprint density at radius 1 is 1.36 bits per heavy atom. The summed E-state index contributed by atoms with van der Waals surface area (Å²) in [6.07, 6.45) is 1.43. The number of anilines is 1. The standard InChI is InChI=1S/C15H14N4O3/c1-8-10(14(18)20)4-3-5-11(8)19-7-9(6-16)12(17)13(19)15(21)22-2/h3-5,7H,17H2,1-2H3,(H2,18,20). The van der Waals surface area contributed by atoms with Gasteiger partial charge in [-0.2, -0.15) is 5.26 Å². The molecule has 1 heterocycles. The molecule has 1 aromatic heterocycles. The molecule has 0 atom stereocenters. The zero-order valence-corrected chi connectivity index (χ0v) is 12.1. The molecule has 0 unspecified atom stereocenters. The molecule has 2 rings (SSSR count). The summed E-state index contributed by atoms with van der Waals surface area (Å²) in [6.45, 7) is 1.69. The summed E-state index contributed by atoms with van der Waals surface area (Å²) in [5, 5.41) is 9.10. The number of esters is 1. The third-order valence-electron chi connectivity index (χ3n) is 3.37. The molecule has 0 aliphatic rings. The van der Waals surface area contributed by atoms with Gasteiger partial charge in [0.1, 0.15) is 6.07 Å². The van der Waals surface area contributed by atoms with E-state index in [1.807, 2.05) is 6.07 Å². The number of nitriles is 1. The Hall–Kier alpha value is -3.27. The van der Waals surface area contributed by atoms with E-state index in [2.05, 4.69) is 0 Å². The number of carbonyl (C=O) groups is 2. The molecular formula is C15H14N4O3. The van der Waals surface area contributed by atoms with Gasteiger partial charge >= 0.3 is 5.97 Å². The zero-order valence-electron chi connectivity index (χ0n) is 12.1. The van der Waals surface area contributed by atoms with Gasteiger partial charge in [0.05, 0.1) is 18.4 Å². The van der Waals surface area contributed by atoms with Gasteiger partial charge in [0.2, 0.25) is 5.91 Å². The van der Waals surface area contributed by atoms with Gasteiger partial charge in [-0.15, -0.1) is 0 Å². The first-order valence-corrected chi connectivity index (χ1v) is 6.31. The van der Waals surface area contributed by atoms with E-state index in [-0.39, 0.29) is 16.9 Å². The Labute approximate surface area is 126 Å². The molecular weight excluding hydrogens is 284 g/mol. The number of hydrogen-bond donors (Lipinski definition) is 2. The maximum Gasteiger partial charge on any atom is 0.357 e. The largest absolute Gasteiger partial charge is 0.464 e. The molecule has 0 aliphatic heterocycles. The van der Waals surface area contributed by atoms with Crippen molar-refractivity contribution in [3.8, 4) is 11.8 Å². The molecule has 0 spiro atoms. The van der Waals surface area contributed by atoms with E-state index < -0.39 is 11.9 Å². The van der Waals surface area contributed by atoms with Crippen LogP contribution in [0.4, 0.5) is 5.69 Å². The third kappa shape index (κ3) is 2.27. The lowest BCUT2D eigenvalue weighted by Crippen LogP contribution is -2.16. The summed E-state index contributed by atoms with van der Waals surface area (Å²) in [6, 6.07) is 6.82. The van der Waals surface area contributed by atoms with Gasteiger partial charge in [0, 0.05) is 17.4 Å². The van der Waals surface area contributed by atoms with Gasteiger partial charge in [-0.05, 0) is 24.6 Å². The van der Waals surface area contributed by atoms with E-state index in [0.29, 0.717) is 16.8 Å². The van der Waals surface area contributed by atoms with Crippen LogP contribution in [-0.2, 0) is 4.74 Å². The SMILES string of the molecule is COC(=O)c1c(N)c(C#N)cn1-c1cccc(C(N)=O)c1C. The van der Waals surface area contributed by atoms with E-state index >= 15 is 0 Å². The van der Waals surface area contributed by atoms with Crippen LogP contribution >= 0.6 is 0 Å². The van der Waals surface area contributed by atoms with E-state index in [1.165, 1.54) is 17.9 Å². The number of rotatable bonds is 3. The summed E-state index contributed by atoms with van der Waals surface area (Å²) in [5.41, 5.74) is 12.8. The van der Waals surface area contributed by atoms with Crippen LogP contribution in [0.2, 0.25) is 0 Å². The van der Waals surface area contributed by atoms with Crippen molar-refractivity contribution in [1.29, 1.82) is 5.26 Å². The molecule has 4 N–H and O–H groups in total. The second-order valence-electron chi connectivity index (χ2n) is 4.59. The van der Waals surface area contributed by atoms with E-state index in [4.69, 9.17) is 21.5 Å². The Kier molecular flexibility index (Phi) is 3.86. The first-order chi connectivity index (χ1) is 10.4. The van der Waals surface area contributed by atoms with Crippen LogP contribution in [-0.4, -0.2) is 23.6 Å². The number of benzene rings is 1. The van der Waals surface area contributed by atoms with Crippen molar-refractivity contribution in [2.24, 2.45) is 5.73 Å². The molecule has 0 fully saturated rings. The number of nitrogens with two attached hydrogens (primary N) is 2. The van der Waals surface area contributed by atoms with Gasteiger partial charge in [0.15, 0.2) is 5.69 Å². The fourth-order valence-electron chi connectivity index (χ4n) is 2.26. The van der Waals surface area contributed by atoms with Gasteiger partial charge in [-0.3, -0.25) is 4.79 Å². The molecule has 0 aliphatic carbocycles. The second kappa shape index (κ2) is 5.61. The highest BCUT2D eigenvalue weighted by molar-refractivity contribution is 5.97. The minimum atomic E-state index is -0.678. The summed E-state index contributed by atoms with van der Waals surface area (Å²) in [4.78, 5) is 23.4. The number of nitrogens with zero attached hydrogens (tertiary/aromatic N) is 2. The number of amides is 1. The Morgan fingerprint density at radius 3 is 2.59 bits per heavy atom. The molecule has 7 nitrogen and oxygen atoms in total. The number of hydrogen-bond acceptors (Lipinski definition) is 5. The maximum atomic E-state index is 12.0. The lowest BCUT2D eigenvalue weighted by atomic mass is 10.1. The minimum Gasteiger partial charge on any atom is -0.464 e. The third-order valence-corrected chi connectivity index (χ3v) is 3.37. The van der Waals surface area contributed by atoms with E-state index in [9.17, 15) is 9.59 Å². The van der Waals surface area contributed by atoms with Crippen molar-refractivity contribution in [1.82, 2.24) is 4.57 Å². The van der Waals surface area contributed by atoms with Crippen molar-refractivity contribution in [3.63, 3.8) is 0 Å². The summed E-state index contributed by atoms with van der Waals surface area (Å²) >= 11 is 0. The molecule has 7 heteroatoms. The number of methoxy groups -OCH3 is 1. The van der Waals surface area contributed by atoms with Crippen LogP contribution in [0.3, 0.4) is 0 Å². The number of ether oxygens (including phenoxy) is 1. The van der Waals surface area contributed by atoms with E-state index in [1.54, 1.807) is 25.1 Å². The topological polar surface area (TPSA) is 124 Å². The highest BCUT2D eigenvalue weighted by atomic mass is 16.5. The Bertz CT molecular complexity index is 815. The average Bonchev–Trinajstić information content (AvgIpc) is 2.83. The van der Waals surface area contributed by atoms with Gasteiger partial charge in [-0.1, -0.05) is 6.07 Å². The molecule has 112 valence electrons. The van der Waals surface area contributed by atoms with Crippen LogP contribution < -0.4 is 11.5 Å². The number of carbonyl (C=O) groups excluding carboxylic acids is 2. The maximum absolute atomic E-state index is 12.0. The summed E-state index contributed by atoms with van der Waals surface area (Å²) < 4.78 is 6.15. The fourth-order valence-corrected chi connectivity index (χ4v) is 2.26.